The van der Waals surface area contributed by atoms with Gasteiger partial charge in [-0.3, -0.25) is 4.79 Å². The minimum atomic E-state index is -0.600. The van der Waals surface area contributed by atoms with Crippen molar-refractivity contribution in [1.82, 2.24) is 10.6 Å². The normalized spacial score (nSPS) is 18.7. The maximum absolute atomic E-state index is 12.3. The van der Waals surface area contributed by atoms with Gasteiger partial charge in [0.1, 0.15) is 12.6 Å². The average molecular weight is 362 g/mol. The highest BCUT2D eigenvalue weighted by atomic mass is 16.5. The van der Waals surface area contributed by atoms with Gasteiger partial charge in [0.25, 0.3) is 0 Å². The summed E-state index contributed by atoms with van der Waals surface area (Å²) in [4.78, 5) is 24.4. The van der Waals surface area contributed by atoms with E-state index in [4.69, 9.17) is 4.74 Å². The molecule has 0 bridgehead atoms. The second kappa shape index (κ2) is 7.66. The molecule has 0 fully saturated rings. The summed E-state index contributed by atoms with van der Waals surface area (Å²) < 4.78 is 5.51. The van der Waals surface area contributed by atoms with Crippen molar-refractivity contribution < 1.29 is 14.3 Å². The van der Waals surface area contributed by atoms with E-state index < -0.39 is 12.1 Å². The first kappa shape index (κ1) is 17.3. The third kappa shape index (κ3) is 3.58. The van der Waals surface area contributed by atoms with Crippen LogP contribution in [0.15, 0.2) is 60.7 Å². The van der Waals surface area contributed by atoms with Gasteiger partial charge in [0, 0.05) is 12.5 Å². The Morgan fingerprint density at radius 3 is 2.41 bits per heavy atom. The van der Waals surface area contributed by atoms with E-state index in [2.05, 4.69) is 34.9 Å². The van der Waals surface area contributed by atoms with Crippen molar-refractivity contribution in [2.24, 2.45) is 0 Å². The van der Waals surface area contributed by atoms with Gasteiger partial charge < -0.3 is 15.4 Å². The molecule has 0 aromatic heterocycles. The quantitative estimate of drug-likeness (QED) is 0.823. The summed E-state index contributed by atoms with van der Waals surface area (Å²) in [5.74, 6) is -0.165. The van der Waals surface area contributed by atoms with Gasteiger partial charge in [0.15, 0.2) is 0 Å². The summed E-state index contributed by atoms with van der Waals surface area (Å²) in [5, 5.41) is 5.49. The molecule has 4 rings (SSSR count). The molecule has 2 aromatic carbocycles. The number of carbonyl (C=O) groups is 2. The Morgan fingerprint density at radius 2 is 1.70 bits per heavy atom. The molecule has 27 heavy (non-hydrogen) atoms. The Morgan fingerprint density at radius 1 is 1.04 bits per heavy atom. The van der Waals surface area contributed by atoms with Crippen LogP contribution in [0.1, 0.15) is 29.9 Å². The number of nitrogens with one attached hydrogen (secondary N) is 2. The third-order valence-corrected chi connectivity index (χ3v) is 5.10. The Labute approximate surface area is 158 Å². The Hall–Kier alpha value is -3.08. The SMILES string of the molecule is O=C(NC1CC=CCCNC1=O)OCC1c2ccccc2-c2ccccc21. The number of amides is 2. The lowest BCUT2D eigenvalue weighted by Gasteiger charge is -2.19. The summed E-state index contributed by atoms with van der Waals surface area (Å²) in [5.41, 5.74) is 4.70. The Balaban J connectivity index is 1.44. The lowest BCUT2D eigenvalue weighted by molar-refractivity contribution is -0.123. The zero-order valence-electron chi connectivity index (χ0n) is 15.0. The van der Waals surface area contributed by atoms with E-state index in [-0.39, 0.29) is 18.4 Å². The molecule has 2 amide bonds. The Bertz CT molecular complexity index is 845. The lowest BCUT2D eigenvalue weighted by Crippen LogP contribution is -2.47. The molecule has 0 saturated heterocycles. The molecule has 2 aliphatic rings. The predicted molar refractivity (Wildman–Crippen MR) is 103 cm³/mol. The van der Waals surface area contributed by atoms with Crippen molar-refractivity contribution in [3.05, 3.63) is 71.8 Å². The highest BCUT2D eigenvalue weighted by Crippen LogP contribution is 2.44. The fourth-order valence-corrected chi connectivity index (χ4v) is 3.77. The summed E-state index contributed by atoms with van der Waals surface area (Å²) in [6.07, 6.45) is 4.64. The molecular formula is C22H22N2O3. The van der Waals surface area contributed by atoms with Gasteiger partial charge in [-0.2, -0.15) is 0 Å². The first-order valence-corrected chi connectivity index (χ1v) is 9.28. The topological polar surface area (TPSA) is 67.4 Å². The van der Waals surface area contributed by atoms with Crippen LogP contribution in [0.2, 0.25) is 0 Å². The van der Waals surface area contributed by atoms with E-state index in [0.29, 0.717) is 13.0 Å². The monoisotopic (exact) mass is 362 g/mol. The summed E-state index contributed by atoms with van der Waals surface area (Å²) in [7, 11) is 0. The van der Waals surface area contributed by atoms with Gasteiger partial charge in [-0.25, -0.2) is 4.79 Å². The summed E-state index contributed by atoms with van der Waals surface area (Å²) >= 11 is 0. The summed E-state index contributed by atoms with van der Waals surface area (Å²) in [6.45, 7) is 0.822. The summed E-state index contributed by atoms with van der Waals surface area (Å²) in [6, 6.07) is 15.8. The maximum atomic E-state index is 12.3. The van der Waals surface area contributed by atoms with Gasteiger partial charge in [-0.05, 0) is 35.1 Å². The van der Waals surface area contributed by atoms with Crippen LogP contribution in [-0.4, -0.2) is 31.2 Å². The number of fused-ring (bicyclic) bond motifs is 3. The van der Waals surface area contributed by atoms with Crippen LogP contribution in [0.4, 0.5) is 4.79 Å². The molecule has 1 unspecified atom stereocenters. The number of hydrogen-bond donors (Lipinski definition) is 2. The van der Waals surface area contributed by atoms with Crippen LogP contribution >= 0.6 is 0 Å². The molecule has 0 spiro atoms. The predicted octanol–water partition coefficient (Wildman–Crippen LogP) is 3.36. The largest absolute Gasteiger partial charge is 0.449 e. The van der Waals surface area contributed by atoms with Crippen LogP contribution in [0.5, 0.6) is 0 Å². The minimum Gasteiger partial charge on any atom is -0.449 e. The van der Waals surface area contributed by atoms with E-state index >= 15 is 0 Å². The first-order valence-electron chi connectivity index (χ1n) is 9.28. The average Bonchev–Trinajstić information content (AvgIpc) is 3.00. The van der Waals surface area contributed by atoms with E-state index in [1.807, 2.05) is 36.4 Å². The second-order valence-electron chi connectivity index (χ2n) is 6.81. The second-order valence-corrected chi connectivity index (χ2v) is 6.81. The molecule has 1 heterocycles. The van der Waals surface area contributed by atoms with Gasteiger partial charge >= 0.3 is 6.09 Å². The van der Waals surface area contributed by atoms with Gasteiger partial charge in [-0.1, -0.05) is 60.7 Å². The molecular weight excluding hydrogens is 340 g/mol. The van der Waals surface area contributed by atoms with E-state index in [9.17, 15) is 9.59 Å². The lowest BCUT2D eigenvalue weighted by atomic mass is 9.98. The van der Waals surface area contributed by atoms with Gasteiger partial charge in [0.2, 0.25) is 5.91 Å². The molecule has 1 atom stereocenters. The fraction of sp³-hybridized carbons (Fsp3) is 0.273. The minimum absolute atomic E-state index is 0.00852. The zero-order chi connectivity index (χ0) is 18.6. The molecule has 0 saturated carbocycles. The van der Waals surface area contributed by atoms with Crippen molar-refractivity contribution in [1.29, 1.82) is 0 Å². The highest BCUT2D eigenvalue weighted by molar-refractivity contribution is 5.86. The van der Waals surface area contributed by atoms with E-state index in [0.717, 1.165) is 17.5 Å². The smallest absolute Gasteiger partial charge is 0.407 e. The molecule has 1 aliphatic heterocycles. The number of hydrogen-bond acceptors (Lipinski definition) is 3. The number of alkyl carbamates (subject to hydrolysis) is 1. The van der Waals surface area contributed by atoms with Gasteiger partial charge in [0.05, 0.1) is 0 Å². The molecule has 5 heteroatoms. The van der Waals surface area contributed by atoms with Crippen LogP contribution in [0, 0.1) is 0 Å². The molecule has 2 aromatic rings. The van der Waals surface area contributed by atoms with Gasteiger partial charge in [-0.15, -0.1) is 0 Å². The number of benzene rings is 2. The standard InChI is InChI=1S/C22H22N2O3/c25-21-20(12-2-1-7-13-23-21)24-22(26)27-14-19-17-10-5-3-8-15(17)16-9-4-6-11-18(16)19/h1-6,8-11,19-20H,7,12-14H2,(H,23,25)(H,24,26). The van der Waals surface area contributed by atoms with Crippen LogP contribution < -0.4 is 10.6 Å². The van der Waals surface area contributed by atoms with Crippen LogP contribution in [-0.2, 0) is 9.53 Å². The van der Waals surface area contributed by atoms with Crippen molar-refractivity contribution in [3.63, 3.8) is 0 Å². The zero-order valence-corrected chi connectivity index (χ0v) is 15.0. The van der Waals surface area contributed by atoms with Crippen molar-refractivity contribution in [2.45, 2.75) is 24.8 Å². The number of carbonyl (C=O) groups excluding carboxylic acids is 2. The third-order valence-electron chi connectivity index (χ3n) is 5.10. The van der Waals surface area contributed by atoms with E-state index in [1.54, 1.807) is 0 Å². The van der Waals surface area contributed by atoms with E-state index in [1.165, 1.54) is 11.1 Å². The first-order chi connectivity index (χ1) is 13.2. The van der Waals surface area contributed by atoms with Crippen molar-refractivity contribution in [3.8, 4) is 11.1 Å². The highest BCUT2D eigenvalue weighted by Gasteiger charge is 2.29. The molecule has 5 nitrogen and oxygen atoms in total. The van der Waals surface area contributed by atoms with Crippen LogP contribution in [0.3, 0.4) is 0 Å². The van der Waals surface area contributed by atoms with Crippen LogP contribution in [0.25, 0.3) is 11.1 Å². The van der Waals surface area contributed by atoms with Crippen molar-refractivity contribution >= 4 is 12.0 Å². The number of ether oxygens (including phenoxy) is 1. The van der Waals surface area contributed by atoms with Crippen molar-refractivity contribution in [2.75, 3.05) is 13.2 Å². The molecule has 2 N–H and O–H groups in total. The molecule has 138 valence electrons. The Kier molecular flexibility index (Phi) is 4.92. The maximum Gasteiger partial charge on any atom is 0.407 e. The molecule has 0 radical (unpaired) electrons. The number of rotatable bonds is 3. The molecule has 1 aliphatic carbocycles. The fourth-order valence-electron chi connectivity index (χ4n) is 3.77.